The number of nitrogens with zero attached hydrogens (tertiary/aromatic N) is 2. The quantitative estimate of drug-likeness (QED) is 0.188. The minimum atomic E-state index is -4.21. The van der Waals surface area contributed by atoms with E-state index in [4.69, 9.17) is 0 Å². The van der Waals surface area contributed by atoms with Crippen molar-refractivity contribution in [3.63, 3.8) is 0 Å². The number of aromatic amines is 1. The summed E-state index contributed by atoms with van der Waals surface area (Å²) < 4.78 is 24.8. The van der Waals surface area contributed by atoms with Crippen molar-refractivity contribution in [3.05, 3.63) is 84.3 Å². The fourth-order valence-electron chi connectivity index (χ4n) is 3.30. The Kier molecular flexibility index (Phi) is 6.95. The van der Waals surface area contributed by atoms with E-state index in [1.165, 1.54) is 12.1 Å². The number of nitrogens with one attached hydrogen (secondary N) is 2. The Morgan fingerprint density at radius 1 is 1.09 bits per heavy atom. The normalized spacial score (nSPS) is 12.5. The van der Waals surface area contributed by atoms with Crippen molar-refractivity contribution in [2.75, 3.05) is 10.8 Å². The minimum Gasteiger partial charge on any atom is -0.364 e. The largest absolute Gasteiger partial charge is 0.364 e. The van der Waals surface area contributed by atoms with Gasteiger partial charge in [-0.2, -0.15) is 0 Å². The molecule has 0 aliphatic rings. The molecule has 2 aromatic carbocycles. The number of benzene rings is 2. The number of halogens is 1. The predicted molar refractivity (Wildman–Crippen MR) is 128 cm³/mol. The number of anilines is 1. The van der Waals surface area contributed by atoms with Gasteiger partial charge in [-0.25, -0.2) is 14.4 Å². The monoisotopic (exact) mass is 484 g/mol. The predicted octanol–water partition coefficient (Wildman–Crippen LogP) is 5.68. The van der Waals surface area contributed by atoms with Crippen molar-refractivity contribution in [2.24, 2.45) is 0 Å². The third-order valence-electron chi connectivity index (χ3n) is 4.88. The molecule has 0 saturated carbocycles. The molecule has 0 amide bonds. The van der Waals surface area contributed by atoms with Crippen molar-refractivity contribution < 1.29 is 18.7 Å². The van der Waals surface area contributed by atoms with Gasteiger partial charge in [-0.15, -0.1) is 0 Å². The number of aromatic nitrogens is 3. The van der Waals surface area contributed by atoms with E-state index in [1.54, 1.807) is 24.4 Å². The Morgan fingerprint density at radius 2 is 1.82 bits per heavy atom. The molecule has 0 bridgehead atoms. The molecule has 2 heterocycles. The van der Waals surface area contributed by atoms with Crippen molar-refractivity contribution in [3.8, 4) is 22.5 Å². The molecule has 2 aromatic heterocycles. The number of imidazole rings is 1. The summed E-state index contributed by atoms with van der Waals surface area (Å²) in [5.74, 6) is 0.294. The average molecular weight is 484 g/mol. The lowest BCUT2D eigenvalue weighted by Crippen LogP contribution is -2.07. The van der Waals surface area contributed by atoms with Gasteiger partial charge >= 0.3 is 7.60 Å². The third kappa shape index (κ3) is 6.09. The maximum atomic E-state index is 13.5. The van der Waals surface area contributed by atoms with Crippen LogP contribution in [0.4, 0.5) is 10.2 Å². The van der Waals surface area contributed by atoms with Crippen molar-refractivity contribution in [1.82, 2.24) is 15.0 Å². The maximum Gasteiger partial charge on any atom is 0.335 e. The standard InChI is InChI=1S/C23H22FN4O3PS/c1-15(16-5-3-2-4-6-16)26-20-13-18(11-12-25-20)22-21(17-7-9-19(24)10-8-17)27-23(28-22)33-14-32(29,30)31/h2-13,15H,14H2,1H3,(H,25,26)(H,27,28)(H2,29,30,31). The van der Waals surface area contributed by atoms with Crippen LogP contribution < -0.4 is 5.32 Å². The van der Waals surface area contributed by atoms with Crippen LogP contribution in [-0.4, -0.2) is 30.2 Å². The van der Waals surface area contributed by atoms with Gasteiger partial charge < -0.3 is 20.1 Å². The number of H-pyrrole nitrogens is 1. The van der Waals surface area contributed by atoms with Crippen molar-refractivity contribution >= 4 is 25.2 Å². The van der Waals surface area contributed by atoms with Gasteiger partial charge in [0.25, 0.3) is 0 Å². The molecule has 0 fully saturated rings. The topological polar surface area (TPSA) is 111 Å². The molecule has 0 spiro atoms. The molecule has 1 atom stereocenters. The summed E-state index contributed by atoms with van der Waals surface area (Å²) >= 11 is 0.932. The molecule has 0 aliphatic carbocycles. The minimum absolute atomic E-state index is 0.0269. The zero-order valence-electron chi connectivity index (χ0n) is 17.6. The summed E-state index contributed by atoms with van der Waals surface area (Å²) in [5.41, 5.74) is 3.37. The zero-order valence-corrected chi connectivity index (χ0v) is 19.4. The second-order valence-electron chi connectivity index (χ2n) is 7.42. The first kappa shape index (κ1) is 23.2. The molecule has 0 radical (unpaired) electrons. The Morgan fingerprint density at radius 3 is 2.52 bits per heavy atom. The van der Waals surface area contributed by atoms with Gasteiger partial charge in [-0.05, 0) is 48.9 Å². The van der Waals surface area contributed by atoms with E-state index in [-0.39, 0.29) is 11.9 Å². The highest BCUT2D eigenvalue weighted by Crippen LogP contribution is 2.42. The van der Waals surface area contributed by atoms with Crippen LogP contribution in [0.2, 0.25) is 0 Å². The Bertz CT molecular complexity index is 1280. The summed E-state index contributed by atoms with van der Waals surface area (Å²) in [5, 5.41) is 3.74. The van der Waals surface area contributed by atoms with Crippen LogP contribution >= 0.6 is 19.4 Å². The molecule has 4 N–H and O–H groups in total. The SMILES string of the molecule is CC(Nc1cc(-c2nc(SCP(=O)(O)O)[nH]c2-c2ccc(F)cc2)ccn1)c1ccccc1. The van der Waals surface area contributed by atoms with Crippen molar-refractivity contribution in [2.45, 2.75) is 18.1 Å². The van der Waals surface area contributed by atoms with E-state index in [0.29, 0.717) is 27.9 Å². The molecular formula is C23H22FN4O3PS. The van der Waals surface area contributed by atoms with Gasteiger partial charge in [0.1, 0.15) is 17.1 Å². The summed E-state index contributed by atoms with van der Waals surface area (Å²) in [7, 11) is -4.21. The molecule has 4 rings (SSSR count). The molecule has 0 aliphatic heterocycles. The first-order valence-corrected chi connectivity index (χ1v) is 12.9. The van der Waals surface area contributed by atoms with Gasteiger partial charge in [-0.3, -0.25) is 4.57 Å². The van der Waals surface area contributed by atoms with Crippen LogP contribution in [0.1, 0.15) is 18.5 Å². The number of thioether (sulfide) groups is 1. The van der Waals surface area contributed by atoms with Gasteiger partial charge in [0.15, 0.2) is 5.16 Å². The van der Waals surface area contributed by atoms with Crippen LogP contribution in [0.15, 0.2) is 78.1 Å². The van der Waals surface area contributed by atoms with Gasteiger partial charge in [0.2, 0.25) is 0 Å². The van der Waals surface area contributed by atoms with E-state index >= 15 is 0 Å². The van der Waals surface area contributed by atoms with Crippen LogP contribution in [0.5, 0.6) is 0 Å². The average Bonchev–Trinajstić information content (AvgIpc) is 3.23. The molecule has 1 unspecified atom stereocenters. The number of rotatable bonds is 8. The lowest BCUT2D eigenvalue weighted by Gasteiger charge is -2.15. The van der Waals surface area contributed by atoms with E-state index in [2.05, 4.69) is 20.3 Å². The van der Waals surface area contributed by atoms with Crippen LogP contribution in [0.25, 0.3) is 22.5 Å². The first-order valence-electron chi connectivity index (χ1n) is 10.1. The number of hydrogen-bond acceptors (Lipinski definition) is 5. The maximum absolute atomic E-state index is 13.5. The van der Waals surface area contributed by atoms with E-state index in [1.807, 2.05) is 43.3 Å². The van der Waals surface area contributed by atoms with Gasteiger partial charge in [0.05, 0.1) is 11.4 Å². The smallest absolute Gasteiger partial charge is 0.335 e. The number of pyridine rings is 1. The van der Waals surface area contributed by atoms with Crippen LogP contribution in [-0.2, 0) is 4.57 Å². The Hall–Kier alpha value is -2.97. The fourth-order valence-corrected chi connectivity index (χ4v) is 4.79. The third-order valence-corrected chi connectivity index (χ3v) is 7.21. The van der Waals surface area contributed by atoms with Crippen molar-refractivity contribution in [1.29, 1.82) is 0 Å². The highest BCUT2D eigenvalue weighted by molar-refractivity contribution is 8.04. The van der Waals surface area contributed by atoms with Gasteiger partial charge in [-0.1, -0.05) is 42.1 Å². The molecule has 10 heteroatoms. The summed E-state index contributed by atoms with van der Waals surface area (Å²) in [4.78, 5) is 30.6. The highest BCUT2D eigenvalue weighted by Gasteiger charge is 2.19. The van der Waals surface area contributed by atoms with E-state index in [9.17, 15) is 18.7 Å². The zero-order chi connectivity index (χ0) is 23.4. The highest BCUT2D eigenvalue weighted by atomic mass is 32.2. The molecule has 33 heavy (non-hydrogen) atoms. The van der Waals surface area contributed by atoms with Crippen LogP contribution in [0.3, 0.4) is 0 Å². The second-order valence-corrected chi connectivity index (χ2v) is 10.5. The van der Waals surface area contributed by atoms with Crippen LogP contribution in [0, 0.1) is 5.82 Å². The molecule has 7 nitrogen and oxygen atoms in total. The lowest BCUT2D eigenvalue weighted by atomic mass is 10.1. The molecule has 0 saturated heterocycles. The Labute approximate surface area is 194 Å². The summed E-state index contributed by atoms with van der Waals surface area (Å²) in [6.45, 7) is 2.04. The Balaban J connectivity index is 1.68. The number of hydrogen-bond donors (Lipinski definition) is 4. The van der Waals surface area contributed by atoms with Gasteiger partial charge in [0, 0.05) is 23.4 Å². The molecule has 4 aromatic rings. The fraction of sp³-hybridized carbons (Fsp3) is 0.130. The lowest BCUT2D eigenvalue weighted by molar-refractivity contribution is 0.379. The van der Waals surface area contributed by atoms with E-state index in [0.717, 1.165) is 22.9 Å². The summed E-state index contributed by atoms with van der Waals surface area (Å²) in [6.07, 6.45) is 1.67. The molecule has 170 valence electrons. The second kappa shape index (κ2) is 9.89. The first-order chi connectivity index (χ1) is 15.8. The van der Waals surface area contributed by atoms with E-state index < -0.39 is 13.1 Å². The molecular weight excluding hydrogens is 462 g/mol. The summed E-state index contributed by atoms with van der Waals surface area (Å²) in [6, 6.07) is 19.6.